The number of likely N-dealkylation sites (tertiary alicyclic amines) is 1. The van der Waals surface area contributed by atoms with Gasteiger partial charge in [-0.3, -0.25) is 0 Å². The van der Waals surface area contributed by atoms with Crippen LogP contribution in [0.5, 0.6) is 0 Å². The number of imidazole rings is 1. The van der Waals surface area contributed by atoms with E-state index < -0.39 is 0 Å². The summed E-state index contributed by atoms with van der Waals surface area (Å²) in [4.78, 5) is 6.85. The van der Waals surface area contributed by atoms with Crippen molar-refractivity contribution in [3.8, 4) is 0 Å². The highest BCUT2D eigenvalue weighted by molar-refractivity contribution is 4.89. The molecule has 0 radical (unpaired) electrons. The van der Waals surface area contributed by atoms with Gasteiger partial charge in [-0.1, -0.05) is 13.3 Å². The Morgan fingerprint density at radius 3 is 2.83 bits per heavy atom. The van der Waals surface area contributed by atoms with Gasteiger partial charge < -0.3 is 15.2 Å². The zero-order valence-electron chi connectivity index (χ0n) is 11.7. The Hall–Kier alpha value is -0.870. The summed E-state index contributed by atoms with van der Waals surface area (Å²) in [6, 6.07) is 0. The summed E-state index contributed by atoms with van der Waals surface area (Å²) in [5.41, 5.74) is 5.85. The van der Waals surface area contributed by atoms with E-state index in [1.165, 1.54) is 25.9 Å². The highest BCUT2D eigenvalue weighted by Crippen LogP contribution is 2.25. The number of rotatable bonds is 5. The molecule has 0 amide bonds. The maximum absolute atomic E-state index is 5.85. The van der Waals surface area contributed by atoms with Gasteiger partial charge in [0, 0.05) is 32.0 Å². The van der Waals surface area contributed by atoms with Gasteiger partial charge in [0.25, 0.3) is 0 Å². The van der Waals surface area contributed by atoms with Crippen LogP contribution in [0.4, 0.5) is 0 Å². The third kappa shape index (κ3) is 3.12. The van der Waals surface area contributed by atoms with E-state index >= 15 is 0 Å². The summed E-state index contributed by atoms with van der Waals surface area (Å²) in [6.07, 6.45) is 6.46. The molecule has 2 unspecified atom stereocenters. The number of aryl methyl sites for hydroxylation is 1. The predicted molar refractivity (Wildman–Crippen MR) is 74.3 cm³/mol. The van der Waals surface area contributed by atoms with Gasteiger partial charge in [-0.05, 0) is 38.3 Å². The molecule has 2 atom stereocenters. The van der Waals surface area contributed by atoms with E-state index in [4.69, 9.17) is 5.73 Å². The lowest BCUT2D eigenvalue weighted by molar-refractivity contribution is 0.116. The number of hydrogen-bond donors (Lipinski definition) is 1. The molecule has 1 aliphatic heterocycles. The summed E-state index contributed by atoms with van der Waals surface area (Å²) in [5.74, 6) is 2.63. The fourth-order valence-electron chi connectivity index (χ4n) is 3.02. The lowest BCUT2D eigenvalue weighted by Crippen LogP contribution is -2.43. The SMILES string of the molecule is CCC1CN(CCn2ccnc2C)CCC1CN. The topological polar surface area (TPSA) is 47.1 Å². The van der Waals surface area contributed by atoms with Gasteiger partial charge in [0.15, 0.2) is 0 Å². The summed E-state index contributed by atoms with van der Waals surface area (Å²) < 4.78 is 2.23. The van der Waals surface area contributed by atoms with Gasteiger partial charge in [-0.25, -0.2) is 4.98 Å². The Labute approximate surface area is 110 Å². The second kappa shape index (κ2) is 6.34. The minimum atomic E-state index is 0.737. The van der Waals surface area contributed by atoms with E-state index in [9.17, 15) is 0 Å². The van der Waals surface area contributed by atoms with Crippen molar-refractivity contribution >= 4 is 0 Å². The smallest absolute Gasteiger partial charge is 0.105 e. The first kappa shape index (κ1) is 13.6. The minimum absolute atomic E-state index is 0.737. The summed E-state index contributed by atoms with van der Waals surface area (Å²) >= 11 is 0. The Balaban J connectivity index is 1.82. The molecule has 1 aromatic rings. The molecule has 0 bridgehead atoms. The number of nitrogens with zero attached hydrogens (tertiary/aromatic N) is 3. The zero-order valence-corrected chi connectivity index (χ0v) is 11.7. The quantitative estimate of drug-likeness (QED) is 0.861. The molecule has 0 aliphatic carbocycles. The molecule has 2 N–H and O–H groups in total. The van der Waals surface area contributed by atoms with Gasteiger partial charge in [0.1, 0.15) is 5.82 Å². The molecule has 1 aromatic heterocycles. The first-order chi connectivity index (χ1) is 8.74. The van der Waals surface area contributed by atoms with Crippen LogP contribution in [0.3, 0.4) is 0 Å². The molecule has 4 heteroatoms. The van der Waals surface area contributed by atoms with E-state index in [1.807, 2.05) is 6.20 Å². The third-order valence-corrected chi connectivity index (χ3v) is 4.38. The standard InChI is InChI=1S/C14H26N4/c1-3-13-11-17(6-4-14(13)10-15)8-9-18-7-5-16-12(18)2/h5,7,13-14H,3-4,6,8-11,15H2,1-2H3. The van der Waals surface area contributed by atoms with Crippen molar-refractivity contribution in [2.75, 3.05) is 26.2 Å². The Bertz CT molecular complexity index is 360. The summed E-state index contributed by atoms with van der Waals surface area (Å²) in [6.45, 7) is 9.80. The molecule has 18 heavy (non-hydrogen) atoms. The Morgan fingerprint density at radius 2 is 2.22 bits per heavy atom. The molecule has 2 heterocycles. The van der Waals surface area contributed by atoms with Crippen molar-refractivity contribution in [1.29, 1.82) is 0 Å². The van der Waals surface area contributed by atoms with Gasteiger partial charge in [0.2, 0.25) is 0 Å². The molecular formula is C14H26N4. The second-order valence-electron chi connectivity index (χ2n) is 5.42. The highest BCUT2D eigenvalue weighted by atomic mass is 15.2. The van der Waals surface area contributed by atoms with Gasteiger partial charge in [-0.15, -0.1) is 0 Å². The first-order valence-electron chi connectivity index (χ1n) is 7.14. The van der Waals surface area contributed by atoms with Crippen LogP contribution in [0.2, 0.25) is 0 Å². The number of hydrogen-bond acceptors (Lipinski definition) is 3. The predicted octanol–water partition coefficient (Wildman–Crippen LogP) is 1.50. The molecular weight excluding hydrogens is 224 g/mol. The van der Waals surface area contributed by atoms with Crippen molar-refractivity contribution in [1.82, 2.24) is 14.5 Å². The van der Waals surface area contributed by atoms with Crippen LogP contribution < -0.4 is 5.73 Å². The molecule has 1 aliphatic rings. The molecule has 4 nitrogen and oxygen atoms in total. The maximum Gasteiger partial charge on any atom is 0.105 e. The lowest BCUT2D eigenvalue weighted by atomic mass is 9.84. The zero-order chi connectivity index (χ0) is 13.0. The van der Waals surface area contributed by atoms with E-state index in [1.54, 1.807) is 0 Å². The molecule has 2 rings (SSSR count). The average molecular weight is 250 g/mol. The van der Waals surface area contributed by atoms with Crippen LogP contribution in [-0.4, -0.2) is 40.6 Å². The molecule has 0 saturated carbocycles. The van der Waals surface area contributed by atoms with E-state index in [-0.39, 0.29) is 0 Å². The number of aromatic nitrogens is 2. The van der Waals surface area contributed by atoms with Crippen LogP contribution in [0.15, 0.2) is 12.4 Å². The van der Waals surface area contributed by atoms with Crippen molar-refractivity contribution in [3.63, 3.8) is 0 Å². The largest absolute Gasteiger partial charge is 0.334 e. The number of piperidine rings is 1. The van der Waals surface area contributed by atoms with Gasteiger partial charge in [0.05, 0.1) is 0 Å². The second-order valence-corrected chi connectivity index (χ2v) is 5.42. The molecule has 0 aromatic carbocycles. The normalized spacial score (nSPS) is 25.5. The van der Waals surface area contributed by atoms with Crippen LogP contribution in [0.1, 0.15) is 25.6 Å². The van der Waals surface area contributed by atoms with Crippen molar-refractivity contribution in [2.24, 2.45) is 17.6 Å². The van der Waals surface area contributed by atoms with Crippen LogP contribution in [0, 0.1) is 18.8 Å². The number of nitrogens with two attached hydrogens (primary N) is 1. The van der Waals surface area contributed by atoms with Crippen molar-refractivity contribution in [3.05, 3.63) is 18.2 Å². The molecule has 1 fully saturated rings. The molecule has 1 saturated heterocycles. The summed E-state index contributed by atoms with van der Waals surface area (Å²) in [7, 11) is 0. The fraction of sp³-hybridized carbons (Fsp3) is 0.786. The van der Waals surface area contributed by atoms with E-state index in [2.05, 4.69) is 34.5 Å². The monoisotopic (exact) mass is 250 g/mol. The maximum atomic E-state index is 5.85. The van der Waals surface area contributed by atoms with Crippen molar-refractivity contribution in [2.45, 2.75) is 33.2 Å². The van der Waals surface area contributed by atoms with Crippen molar-refractivity contribution < 1.29 is 0 Å². The van der Waals surface area contributed by atoms with Crippen LogP contribution in [-0.2, 0) is 6.54 Å². The fourth-order valence-corrected chi connectivity index (χ4v) is 3.02. The minimum Gasteiger partial charge on any atom is -0.334 e. The van der Waals surface area contributed by atoms with Gasteiger partial charge >= 0.3 is 0 Å². The van der Waals surface area contributed by atoms with E-state index in [0.717, 1.165) is 37.3 Å². The lowest BCUT2D eigenvalue weighted by Gasteiger charge is -2.38. The van der Waals surface area contributed by atoms with E-state index in [0.29, 0.717) is 0 Å². The first-order valence-corrected chi connectivity index (χ1v) is 7.14. The van der Waals surface area contributed by atoms with Crippen LogP contribution in [0.25, 0.3) is 0 Å². The average Bonchev–Trinajstić information content (AvgIpc) is 2.81. The molecule has 102 valence electrons. The summed E-state index contributed by atoms with van der Waals surface area (Å²) in [5, 5.41) is 0. The van der Waals surface area contributed by atoms with Gasteiger partial charge in [-0.2, -0.15) is 0 Å². The Morgan fingerprint density at radius 1 is 1.39 bits per heavy atom. The highest BCUT2D eigenvalue weighted by Gasteiger charge is 2.26. The van der Waals surface area contributed by atoms with Crippen LogP contribution >= 0.6 is 0 Å². The third-order valence-electron chi connectivity index (χ3n) is 4.38. The molecule has 0 spiro atoms. The Kier molecular flexibility index (Phi) is 4.78.